The predicted molar refractivity (Wildman–Crippen MR) is 105 cm³/mol. The molecule has 6 heteroatoms. The predicted octanol–water partition coefficient (Wildman–Crippen LogP) is 1.97. The van der Waals surface area contributed by atoms with Gasteiger partial charge in [0.05, 0.1) is 7.11 Å². The molecule has 1 aliphatic heterocycles. The molecule has 0 aliphatic carbocycles. The Morgan fingerprint density at radius 3 is 2.19 bits per heavy atom. The minimum atomic E-state index is -0.548. The number of benzene rings is 2. The Morgan fingerprint density at radius 2 is 1.59 bits per heavy atom. The van der Waals surface area contributed by atoms with Gasteiger partial charge in [0.15, 0.2) is 0 Å². The maximum absolute atomic E-state index is 12.4. The van der Waals surface area contributed by atoms with Crippen molar-refractivity contribution >= 4 is 17.5 Å². The van der Waals surface area contributed by atoms with E-state index in [0.717, 1.165) is 22.6 Å². The molecule has 0 aromatic heterocycles. The summed E-state index contributed by atoms with van der Waals surface area (Å²) in [5.41, 5.74) is 3.23. The fraction of sp³-hybridized carbons (Fsp3) is 0.333. The third kappa shape index (κ3) is 4.78. The monoisotopic (exact) mass is 367 g/mol. The number of carbonyl (C=O) groups excluding carboxylic acids is 2. The fourth-order valence-corrected chi connectivity index (χ4v) is 3.07. The van der Waals surface area contributed by atoms with Crippen molar-refractivity contribution < 1.29 is 14.3 Å². The second-order valence-electron chi connectivity index (χ2n) is 6.65. The number of nitrogens with zero attached hydrogens (tertiary/aromatic N) is 2. The molecule has 2 aromatic rings. The van der Waals surface area contributed by atoms with Gasteiger partial charge < -0.3 is 19.9 Å². The minimum absolute atomic E-state index is 0.358. The van der Waals surface area contributed by atoms with E-state index in [1.165, 1.54) is 0 Å². The number of amides is 2. The maximum atomic E-state index is 12.4. The highest BCUT2D eigenvalue weighted by Gasteiger charge is 2.25. The SMILES string of the molecule is COc1ccc(N2CCN(C(=O)C(=O)NCc3ccc(C)cc3)CC2)cc1. The van der Waals surface area contributed by atoms with E-state index in [2.05, 4.69) is 10.2 Å². The molecule has 2 aromatic carbocycles. The molecule has 0 radical (unpaired) electrons. The summed E-state index contributed by atoms with van der Waals surface area (Å²) in [6, 6.07) is 15.7. The van der Waals surface area contributed by atoms with E-state index in [1.54, 1.807) is 12.0 Å². The first-order chi connectivity index (χ1) is 13.1. The number of methoxy groups -OCH3 is 1. The summed E-state index contributed by atoms with van der Waals surface area (Å²) in [6.07, 6.45) is 0. The van der Waals surface area contributed by atoms with Crippen molar-refractivity contribution in [3.63, 3.8) is 0 Å². The zero-order valence-corrected chi connectivity index (χ0v) is 15.8. The molecule has 0 bridgehead atoms. The van der Waals surface area contributed by atoms with Gasteiger partial charge in [-0.05, 0) is 36.8 Å². The van der Waals surface area contributed by atoms with E-state index in [1.807, 2.05) is 55.5 Å². The van der Waals surface area contributed by atoms with Crippen LogP contribution < -0.4 is 15.0 Å². The summed E-state index contributed by atoms with van der Waals surface area (Å²) in [5, 5.41) is 2.71. The van der Waals surface area contributed by atoms with Crippen molar-refractivity contribution in [2.45, 2.75) is 13.5 Å². The Bertz CT molecular complexity index is 779. The average Bonchev–Trinajstić information content (AvgIpc) is 2.73. The van der Waals surface area contributed by atoms with Crippen molar-refractivity contribution in [3.05, 3.63) is 59.7 Å². The Labute approximate surface area is 159 Å². The van der Waals surface area contributed by atoms with Gasteiger partial charge >= 0.3 is 11.8 Å². The van der Waals surface area contributed by atoms with E-state index >= 15 is 0 Å². The number of nitrogens with one attached hydrogen (secondary N) is 1. The molecule has 3 rings (SSSR count). The standard InChI is InChI=1S/C21H25N3O3/c1-16-3-5-17(6-4-16)15-22-20(25)21(26)24-13-11-23(12-14-24)18-7-9-19(27-2)10-8-18/h3-10H,11-15H2,1-2H3,(H,22,25). The number of aryl methyl sites for hydroxylation is 1. The summed E-state index contributed by atoms with van der Waals surface area (Å²) in [4.78, 5) is 28.4. The van der Waals surface area contributed by atoms with E-state index in [0.29, 0.717) is 32.7 Å². The van der Waals surface area contributed by atoms with Gasteiger partial charge in [-0.2, -0.15) is 0 Å². The van der Waals surface area contributed by atoms with Crippen LogP contribution in [0.1, 0.15) is 11.1 Å². The van der Waals surface area contributed by atoms with E-state index < -0.39 is 11.8 Å². The zero-order chi connectivity index (χ0) is 19.2. The van der Waals surface area contributed by atoms with E-state index in [-0.39, 0.29) is 0 Å². The van der Waals surface area contributed by atoms with Gasteiger partial charge in [-0.25, -0.2) is 0 Å². The lowest BCUT2D eigenvalue weighted by atomic mass is 10.1. The summed E-state index contributed by atoms with van der Waals surface area (Å²) in [7, 11) is 1.64. The molecular weight excluding hydrogens is 342 g/mol. The first-order valence-corrected chi connectivity index (χ1v) is 9.08. The number of hydrogen-bond acceptors (Lipinski definition) is 4. The maximum Gasteiger partial charge on any atom is 0.312 e. The first kappa shape index (κ1) is 18.8. The van der Waals surface area contributed by atoms with Crippen LogP contribution in [0.5, 0.6) is 5.75 Å². The van der Waals surface area contributed by atoms with Crippen LogP contribution in [0.4, 0.5) is 5.69 Å². The van der Waals surface area contributed by atoms with Crippen molar-refractivity contribution in [2.75, 3.05) is 38.2 Å². The second kappa shape index (κ2) is 8.58. The molecule has 1 N–H and O–H groups in total. The Morgan fingerprint density at radius 1 is 0.963 bits per heavy atom. The van der Waals surface area contributed by atoms with Crippen molar-refractivity contribution in [1.29, 1.82) is 0 Å². The highest BCUT2D eigenvalue weighted by Crippen LogP contribution is 2.20. The first-order valence-electron chi connectivity index (χ1n) is 9.08. The van der Waals surface area contributed by atoms with Crippen molar-refractivity contribution in [1.82, 2.24) is 10.2 Å². The summed E-state index contributed by atoms with van der Waals surface area (Å²) >= 11 is 0. The fourth-order valence-electron chi connectivity index (χ4n) is 3.07. The van der Waals surface area contributed by atoms with E-state index in [9.17, 15) is 9.59 Å². The summed E-state index contributed by atoms with van der Waals surface area (Å²) in [5.74, 6) is -0.192. The topological polar surface area (TPSA) is 61.9 Å². The van der Waals surface area contributed by atoms with Gasteiger partial charge in [0.25, 0.3) is 0 Å². The molecule has 1 saturated heterocycles. The van der Waals surface area contributed by atoms with Crippen LogP contribution in [0.15, 0.2) is 48.5 Å². The van der Waals surface area contributed by atoms with Gasteiger partial charge in [0, 0.05) is 38.4 Å². The molecule has 142 valence electrons. The van der Waals surface area contributed by atoms with Crippen LogP contribution in [0.3, 0.4) is 0 Å². The Hall–Kier alpha value is -3.02. The average molecular weight is 367 g/mol. The molecule has 2 amide bonds. The molecule has 0 unspecified atom stereocenters. The largest absolute Gasteiger partial charge is 0.497 e. The van der Waals surface area contributed by atoms with Crippen LogP contribution >= 0.6 is 0 Å². The Kier molecular flexibility index (Phi) is 5.96. The quantitative estimate of drug-likeness (QED) is 0.840. The second-order valence-corrected chi connectivity index (χ2v) is 6.65. The number of carbonyl (C=O) groups is 2. The molecule has 27 heavy (non-hydrogen) atoms. The summed E-state index contributed by atoms with van der Waals surface area (Å²) in [6.45, 7) is 4.83. The molecule has 1 aliphatic rings. The van der Waals surface area contributed by atoms with Crippen molar-refractivity contribution in [3.8, 4) is 5.75 Å². The Balaban J connectivity index is 1.48. The molecule has 1 heterocycles. The molecule has 1 fully saturated rings. The number of anilines is 1. The van der Waals surface area contributed by atoms with Crippen LogP contribution in [-0.2, 0) is 16.1 Å². The highest BCUT2D eigenvalue weighted by molar-refractivity contribution is 6.35. The van der Waals surface area contributed by atoms with Gasteiger partial charge in [0.2, 0.25) is 0 Å². The van der Waals surface area contributed by atoms with Gasteiger partial charge in [-0.1, -0.05) is 29.8 Å². The zero-order valence-electron chi connectivity index (χ0n) is 15.8. The molecule has 6 nitrogen and oxygen atoms in total. The lowest BCUT2D eigenvalue weighted by molar-refractivity contribution is -0.146. The molecule has 0 atom stereocenters. The lowest BCUT2D eigenvalue weighted by Crippen LogP contribution is -2.52. The number of hydrogen-bond donors (Lipinski definition) is 1. The van der Waals surface area contributed by atoms with Crippen molar-refractivity contribution in [2.24, 2.45) is 0 Å². The molecule has 0 spiro atoms. The van der Waals surface area contributed by atoms with Crippen LogP contribution in [0.25, 0.3) is 0 Å². The third-order valence-corrected chi connectivity index (χ3v) is 4.77. The number of ether oxygens (including phenoxy) is 1. The van der Waals surface area contributed by atoms with Crippen LogP contribution in [0, 0.1) is 6.92 Å². The highest BCUT2D eigenvalue weighted by atomic mass is 16.5. The third-order valence-electron chi connectivity index (χ3n) is 4.77. The van der Waals surface area contributed by atoms with Crippen LogP contribution in [0.2, 0.25) is 0 Å². The number of piperazine rings is 1. The smallest absolute Gasteiger partial charge is 0.312 e. The summed E-state index contributed by atoms with van der Waals surface area (Å²) < 4.78 is 5.18. The van der Waals surface area contributed by atoms with Gasteiger partial charge in [-0.3, -0.25) is 9.59 Å². The molecular formula is C21H25N3O3. The van der Waals surface area contributed by atoms with Crippen LogP contribution in [-0.4, -0.2) is 50.0 Å². The normalized spacial score (nSPS) is 14.0. The lowest BCUT2D eigenvalue weighted by Gasteiger charge is -2.35. The van der Waals surface area contributed by atoms with Gasteiger partial charge in [0.1, 0.15) is 5.75 Å². The number of rotatable bonds is 4. The minimum Gasteiger partial charge on any atom is -0.497 e. The molecule has 0 saturated carbocycles. The van der Waals surface area contributed by atoms with Gasteiger partial charge in [-0.15, -0.1) is 0 Å². The van der Waals surface area contributed by atoms with E-state index in [4.69, 9.17) is 4.74 Å².